The highest BCUT2D eigenvalue weighted by Gasteiger charge is 2.17. The van der Waals surface area contributed by atoms with Gasteiger partial charge in [-0.3, -0.25) is 0 Å². The van der Waals surface area contributed by atoms with Gasteiger partial charge < -0.3 is 14.6 Å². The second-order valence-electron chi connectivity index (χ2n) is 4.99. The number of ether oxygens (including phenoxy) is 1. The smallest absolute Gasteiger partial charge is 0.120 e. The molecule has 0 radical (unpaired) electrons. The molecule has 0 saturated carbocycles. The van der Waals surface area contributed by atoms with Crippen LogP contribution in [0.3, 0.4) is 0 Å². The topological polar surface area (TPSA) is 26.2 Å². The summed E-state index contributed by atoms with van der Waals surface area (Å²) in [5.41, 5.74) is 4.03. The quantitative estimate of drug-likeness (QED) is 0.897. The van der Waals surface area contributed by atoms with E-state index in [4.69, 9.17) is 4.74 Å². The van der Waals surface area contributed by atoms with Crippen molar-refractivity contribution in [2.45, 2.75) is 26.3 Å². The van der Waals surface area contributed by atoms with Crippen LogP contribution in [0.15, 0.2) is 18.2 Å². The van der Waals surface area contributed by atoms with Gasteiger partial charge in [-0.1, -0.05) is 13.8 Å². The molecule has 0 saturated heterocycles. The Hall–Kier alpha value is -1.48. The Morgan fingerprint density at radius 2 is 2.06 bits per heavy atom. The summed E-state index contributed by atoms with van der Waals surface area (Å²) < 4.78 is 7.60. The predicted octanol–water partition coefficient (Wildman–Crippen LogP) is 3.03. The van der Waals surface area contributed by atoms with E-state index in [0.29, 0.717) is 5.92 Å². The first-order valence-corrected chi connectivity index (χ1v) is 6.40. The number of nitrogens with one attached hydrogen (secondary N) is 1. The van der Waals surface area contributed by atoms with Crippen LogP contribution in [0.25, 0.3) is 10.9 Å². The van der Waals surface area contributed by atoms with E-state index in [9.17, 15) is 0 Å². The molecule has 1 N–H and O–H groups in total. The third-order valence-electron chi connectivity index (χ3n) is 3.46. The SMILES string of the molecule is CNCc1c(C(C)C)n(C)c2cc(OC)ccc12. The van der Waals surface area contributed by atoms with Gasteiger partial charge in [0.1, 0.15) is 5.75 Å². The third kappa shape index (κ3) is 1.99. The van der Waals surface area contributed by atoms with E-state index in [-0.39, 0.29) is 0 Å². The number of benzene rings is 1. The van der Waals surface area contributed by atoms with Gasteiger partial charge in [0.2, 0.25) is 0 Å². The molecule has 0 aliphatic carbocycles. The molecule has 1 aromatic heterocycles. The van der Waals surface area contributed by atoms with Crippen molar-refractivity contribution in [2.24, 2.45) is 7.05 Å². The summed E-state index contributed by atoms with van der Waals surface area (Å²) in [6.07, 6.45) is 0. The number of nitrogens with zero attached hydrogens (tertiary/aromatic N) is 1. The molecule has 0 atom stereocenters. The van der Waals surface area contributed by atoms with Crippen LogP contribution in [-0.4, -0.2) is 18.7 Å². The Morgan fingerprint density at radius 3 is 2.61 bits per heavy atom. The first-order valence-electron chi connectivity index (χ1n) is 6.40. The van der Waals surface area contributed by atoms with Gasteiger partial charge in [0.15, 0.2) is 0 Å². The second-order valence-corrected chi connectivity index (χ2v) is 4.99. The summed E-state index contributed by atoms with van der Waals surface area (Å²) in [5, 5.41) is 4.58. The third-order valence-corrected chi connectivity index (χ3v) is 3.46. The van der Waals surface area contributed by atoms with Crippen LogP contribution in [0.1, 0.15) is 31.0 Å². The lowest BCUT2D eigenvalue weighted by Crippen LogP contribution is -2.09. The van der Waals surface area contributed by atoms with Gasteiger partial charge >= 0.3 is 0 Å². The fourth-order valence-electron chi connectivity index (χ4n) is 2.74. The zero-order valence-electron chi connectivity index (χ0n) is 11.9. The predicted molar refractivity (Wildman–Crippen MR) is 76.3 cm³/mol. The zero-order valence-corrected chi connectivity index (χ0v) is 11.9. The molecule has 1 aromatic carbocycles. The molecule has 98 valence electrons. The van der Waals surface area contributed by atoms with Crippen LogP contribution in [0.5, 0.6) is 5.75 Å². The van der Waals surface area contributed by atoms with Gasteiger partial charge in [0.05, 0.1) is 12.6 Å². The Labute approximate surface area is 109 Å². The van der Waals surface area contributed by atoms with Crippen molar-refractivity contribution < 1.29 is 4.74 Å². The number of aryl methyl sites for hydroxylation is 1. The highest BCUT2D eigenvalue weighted by Crippen LogP contribution is 2.32. The number of fused-ring (bicyclic) bond motifs is 1. The minimum absolute atomic E-state index is 0.511. The number of aromatic nitrogens is 1. The van der Waals surface area contributed by atoms with E-state index >= 15 is 0 Å². The monoisotopic (exact) mass is 246 g/mol. The number of rotatable bonds is 4. The molecule has 0 unspecified atom stereocenters. The van der Waals surface area contributed by atoms with Gasteiger partial charge in [-0.05, 0) is 30.7 Å². The average molecular weight is 246 g/mol. The second kappa shape index (κ2) is 5.02. The molecule has 0 amide bonds. The fraction of sp³-hybridized carbons (Fsp3) is 0.467. The van der Waals surface area contributed by atoms with E-state index in [1.165, 1.54) is 22.2 Å². The first kappa shape index (κ1) is 13.0. The zero-order chi connectivity index (χ0) is 13.3. The summed E-state index contributed by atoms with van der Waals surface area (Å²) in [7, 11) is 5.84. The van der Waals surface area contributed by atoms with E-state index in [0.717, 1.165) is 12.3 Å². The lowest BCUT2D eigenvalue weighted by atomic mass is 10.0. The molecular formula is C15H22N2O. The molecule has 3 heteroatoms. The van der Waals surface area contributed by atoms with Crippen molar-refractivity contribution in [2.75, 3.05) is 14.2 Å². The van der Waals surface area contributed by atoms with Crippen LogP contribution in [0, 0.1) is 0 Å². The van der Waals surface area contributed by atoms with Gasteiger partial charge in [0.25, 0.3) is 0 Å². The van der Waals surface area contributed by atoms with E-state index in [1.54, 1.807) is 7.11 Å². The molecule has 2 rings (SSSR count). The first-order chi connectivity index (χ1) is 8.60. The maximum atomic E-state index is 5.32. The lowest BCUT2D eigenvalue weighted by molar-refractivity contribution is 0.415. The van der Waals surface area contributed by atoms with Crippen LogP contribution >= 0.6 is 0 Å². The van der Waals surface area contributed by atoms with E-state index < -0.39 is 0 Å². The molecule has 0 aliphatic heterocycles. The van der Waals surface area contributed by atoms with Crippen molar-refractivity contribution in [3.05, 3.63) is 29.5 Å². The Kier molecular flexibility index (Phi) is 3.62. The molecule has 0 spiro atoms. The number of hydrogen-bond acceptors (Lipinski definition) is 2. The molecule has 2 aromatic rings. The Bertz CT molecular complexity index is 555. The summed E-state index contributed by atoms with van der Waals surface area (Å²) in [5.74, 6) is 1.42. The minimum atomic E-state index is 0.511. The largest absolute Gasteiger partial charge is 0.497 e. The van der Waals surface area contributed by atoms with Crippen molar-refractivity contribution in [3.8, 4) is 5.75 Å². The highest BCUT2D eigenvalue weighted by atomic mass is 16.5. The van der Waals surface area contributed by atoms with Gasteiger partial charge in [0, 0.05) is 30.7 Å². The number of methoxy groups -OCH3 is 1. The fourth-order valence-corrected chi connectivity index (χ4v) is 2.74. The highest BCUT2D eigenvalue weighted by molar-refractivity contribution is 5.87. The Balaban J connectivity index is 2.73. The Morgan fingerprint density at radius 1 is 1.33 bits per heavy atom. The lowest BCUT2D eigenvalue weighted by Gasteiger charge is -2.11. The normalized spacial score (nSPS) is 11.4. The minimum Gasteiger partial charge on any atom is -0.497 e. The van der Waals surface area contributed by atoms with Gasteiger partial charge in [-0.2, -0.15) is 0 Å². The van der Waals surface area contributed by atoms with Crippen molar-refractivity contribution in [1.82, 2.24) is 9.88 Å². The van der Waals surface area contributed by atoms with Crippen LogP contribution in [0.2, 0.25) is 0 Å². The van der Waals surface area contributed by atoms with Gasteiger partial charge in [-0.25, -0.2) is 0 Å². The molecule has 0 fully saturated rings. The summed E-state index contributed by atoms with van der Waals surface area (Å²) in [4.78, 5) is 0. The molecular weight excluding hydrogens is 224 g/mol. The molecule has 18 heavy (non-hydrogen) atoms. The molecule has 0 bridgehead atoms. The molecule has 1 heterocycles. The summed E-state index contributed by atoms with van der Waals surface area (Å²) in [6.45, 7) is 5.38. The number of hydrogen-bond donors (Lipinski definition) is 1. The molecule has 0 aliphatic rings. The average Bonchev–Trinajstić information content (AvgIpc) is 2.63. The van der Waals surface area contributed by atoms with E-state index in [2.05, 4.69) is 42.9 Å². The molecule has 3 nitrogen and oxygen atoms in total. The maximum absolute atomic E-state index is 5.32. The van der Waals surface area contributed by atoms with Crippen LogP contribution < -0.4 is 10.1 Å². The standard InChI is InChI=1S/C15H22N2O/c1-10(2)15-13(9-16-3)12-7-6-11(18-5)8-14(12)17(15)4/h6-8,10,16H,9H2,1-5H3. The summed E-state index contributed by atoms with van der Waals surface area (Å²) in [6, 6.07) is 6.30. The van der Waals surface area contributed by atoms with Gasteiger partial charge in [-0.15, -0.1) is 0 Å². The van der Waals surface area contributed by atoms with Crippen LogP contribution in [0.4, 0.5) is 0 Å². The van der Waals surface area contributed by atoms with Crippen molar-refractivity contribution >= 4 is 10.9 Å². The van der Waals surface area contributed by atoms with E-state index in [1.807, 2.05) is 13.1 Å². The van der Waals surface area contributed by atoms with Crippen LogP contribution in [-0.2, 0) is 13.6 Å². The maximum Gasteiger partial charge on any atom is 0.120 e. The van der Waals surface area contributed by atoms with Crippen molar-refractivity contribution in [3.63, 3.8) is 0 Å². The summed E-state index contributed by atoms with van der Waals surface area (Å²) >= 11 is 0. The van der Waals surface area contributed by atoms with Crippen molar-refractivity contribution in [1.29, 1.82) is 0 Å².